The summed E-state index contributed by atoms with van der Waals surface area (Å²) < 4.78 is 4.65. The Kier molecular flexibility index (Phi) is 3.42. The highest BCUT2D eigenvalue weighted by molar-refractivity contribution is 5.60. The molecule has 0 aliphatic carbocycles. The Morgan fingerprint density at radius 2 is 1.80 bits per heavy atom. The lowest BCUT2D eigenvalue weighted by molar-refractivity contribution is -0.996. The molecule has 0 aliphatic heterocycles. The number of methoxy groups -OCH3 is 1. The maximum absolute atomic E-state index is 10.7. The fourth-order valence-corrected chi connectivity index (χ4v) is 1.05. The van der Waals surface area contributed by atoms with Gasteiger partial charge in [0.2, 0.25) is 11.4 Å². The Bertz CT molecular complexity index is 354. The van der Waals surface area contributed by atoms with E-state index in [4.69, 9.17) is 10.4 Å². The van der Waals surface area contributed by atoms with Crippen molar-refractivity contribution in [2.45, 2.75) is 0 Å². The molecule has 1 rings (SSSR count). The third-order valence-corrected chi connectivity index (χ3v) is 1.77. The van der Waals surface area contributed by atoms with Crippen molar-refractivity contribution in [3.63, 3.8) is 0 Å². The molecule has 0 radical (unpaired) electrons. The maximum Gasteiger partial charge on any atom is 0.224 e. The molecule has 5 N–H and O–H groups in total. The predicted octanol–water partition coefficient (Wildman–Crippen LogP) is -1.79. The van der Waals surface area contributed by atoms with E-state index in [1.807, 2.05) is 0 Å². The monoisotopic (exact) mass is 218 g/mol. The van der Waals surface area contributed by atoms with Gasteiger partial charge in [0.1, 0.15) is 0 Å². The van der Waals surface area contributed by atoms with Crippen LogP contribution in [0.3, 0.4) is 0 Å². The van der Waals surface area contributed by atoms with Crippen LogP contribution in [0.5, 0.6) is 11.5 Å². The highest BCUT2D eigenvalue weighted by Gasteiger charge is 2.18. The van der Waals surface area contributed by atoms with Crippen molar-refractivity contribution < 1.29 is 30.7 Å². The Balaban J connectivity index is 3.32. The van der Waals surface area contributed by atoms with Crippen LogP contribution in [0.25, 0.3) is 0 Å². The fraction of sp³-hybridized carbons (Fsp3) is 0.143. The van der Waals surface area contributed by atoms with Crippen molar-refractivity contribution in [2.24, 2.45) is 0 Å². The van der Waals surface area contributed by atoms with Crippen LogP contribution in [0.15, 0.2) is 12.1 Å². The van der Waals surface area contributed by atoms with Gasteiger partial charge < -0.3 is 20.3 Å². The van der Waals surface area contributed by atoms with E-state index in [-0.39, 0.29) is 11.4 Å². The standard InChI is InChI=1S/C7H10N2O6/c1-15-6-3-4(8(11)12)2-5(7(6)10)9(13)14/h2-3,8-11,13H,1H3. The van der Waals surface area contributed by atoms with Gasteiger partial charge in [0, 0.05) is 6.07 Å². The van der Waals surface area contributed by atoms with Crippen LogP contribution in [-0.4, -0.2) is 22.6 Å². The third kappa shape index (κ3) is 2.33. The van der Waals surface area contributed by atoms with Crippen molar-refractivity contribution in [1.29, 1.82) is 0 Å². The number of hydrogen-bond acceptors (Lipinski definition) is 6. The highest BCUT2D eigenvalue weighted by Crippen LogP contribution is 2.33. The molecule has 8 heteroatoms. The summed E-state index contributed by atoms with van der Waals surface area (Å²) in [7, 11) is 1.20. The average molecular weight is 218 g/mol. The van der Waals surface area contributed by atoms with Crippen molar-refractivity contribution >= 4 is 11.4 Å². The van der Waals surface area contributed by atoms with Gasteiger partial charge in [0.25, 0.3) is 0 Å². The second-order valence-electron chi connectivity index (χ2n) is 2.68. The molecule has 0 spiro atoms. The largest absolute Gasteiger partial charge is 0.595 e. The second-order valence-corrected chi connectivity index (χ2v) is 2.68. The first-order valence-corrected chi connectivity index (χ1v) is 3.85. The van der Waals surface area contributed by atoms with Crippen LogP contribution in [-0.2, 0) is 0 Å². The molecule has 0 saturated heterocycles. The lowest BCUT2D eigenvalue weighted by Gasteiger charge is -2.18. The molecule has 0 aromatic heterocycles. The van der Waals surface area contributed by atoms with Gasteiger partial charge >= 0.3 is 0 Å². The van der Waals surface area contributed by atoms with Crippen molar-refractivity contribution in [2.75, 3.05) is 7.11 Å². The van der Waals surface area contributed by atoms with Crippen LogP contribution in [0.2, 0.25) is 0 Å². The molecule has 0 amide bonds. The summed E-state index contributed by atoms with van der Waals surface area (Å²) in [6, 6.07) is 1.91. The van der Waals surface area contributed by atoms with Crippen LogP contribution in [0, 0.1) is 10.4 Å². The number of phenolic OH excluding ortho intramolecular Hbond substituents is 1. The SMILES string of the molecule is COc1cc([NH+]([O-])O)cc([NH+]([O-])O)c1O. The van der Waals surface area contributed by atoms with Gasteiger partial charge in [-0.25, -0.2) is 10.4 Å². The Morgan fingerprint density at radius 3 is 2.20 bits per heavy atom. The lowest BCUT2D eigenvalue weighted by Crippen LogP contribution is -3.00. The van der Waals surface area contributed by atoms with Crippen LogP contribution < -0.4 is 15.2 Å². The summed E-state index contributed by atoms with van der Waals surface area (Å²) in [5.74, 6) is -0.776. The number of quaternary nitrogens is 2. The molecule has 84 valence electrons. The Labute approximate surface area is 84.2 Å². The summed E-state index contributed by atoms with van der Waals surface area (Å²) in [5, 5.41) is 45.3. The molecular weight excluding hydrogens is 208 g/mol. The zero-order chi connectivity index (χ0) is 11.6. The first kappa shape index (κ1) is 11.7. The molecule has 2 unspecified atom stereocenters. The summed E-state index contributed by atoms with van der Waals surface area (Å²) in [6.45, 7) is 0. The molecule has 1 aromatic rings. The molecule has 8 nitrogen and oxygen atoms in total. The molecule has 0 heterocycles. The van der Waals surface area contributed by atoms with Crippen LogP contribution >= 0.6 is 0 Å². The average Bonchev–Trinajstić information content (AvgIpc) is 2.17. The smallest absolute Gasteiger partial charge is 0.224 e. The number of phenols is 1. The number of aromatic hydroxyl groups is 1. The number of benzene rings is 1. The number of hydrogen-bond donors (Lipinski definition) is 5. The molecule has 0 bridgehead atoms. The molecule has 0 saturated carbocycles. The van der Waals surface area contributed by atoms with Crippen LogP contribution in [0.4, 0.5) is 11.4 Å². The van der Waals surface area contributed by atoms with Crippen LogP contribution in [0.1, 0.15) is 0 Å². The normalized spacial score (nSPS) is 14.7. The van der Waals surface area contributed by atoms with Gasteiger partial charge in [-0.1, -0.05) is 0 Å². The molecule has 0 aliphatic rings. The lowest BCUT2D eigenvalue weighted by atomic mass is 10.2. The first-order chi connectivity index (χ1) is 6.97. The molecule has 15 heavy (non-hydrogen) atoms. The summed E-state index contributed by atoms with van der Waals surface area (Å²) in [5.41, 5.74) is -0.770. The van der Waals surface area contributed by atoms with E-state index >= 15 is 0 Å². The summed E-state index contributed by atoms with van der Waals surface area (Å²) >= 11 is 0. The summed E-state index contributed by atoms with van der Waals surface area (Å²) in [4.78, 5) is 0. The fourth-order valence-electron chi connectivity index (χ4n) is 1.05. The number of ether oxygens (including phenoxy) is 1. The van der Waals surface area contributed by atoms with Gasteiger partial charge in [0.05, 0.1) is 13.2 Å². The van der Waals surface area contributed by atoms with E-state index in [2.05, 4.69) is 4.74 Å². The van der Waals surface area contributed by atoms with E-state index < -0.39 is 21.9 Å². The Morgan fingerprint density at radius 1 is 1.20 bits per heavy atom. The van der Waals surface area contributed by atoms with Gasteiger partial charge in [-0.2, -0.15) is 10.5 Å². The molecule has 0 fully saturated rings. The predicted molar refractivity (Wildman–Crippen MR) is 46.2 cm³/mol. The quantitative estimate of drug-likeness (QED) is 0.232. The molecule has 1 aromatic carbocycles. The number of rotatable bonds is 3. The van der Waals surface area contributed by atoms with Gasteiger partial charge in [-0.3, -0.25) is 0 Å². The maximum atomic E-state index is 10.7. The minimum absolute atomic E-state index is 0.188. The zero-order valence-electron chi connectivity index (χ0n) is 7.72. The topological polar surface area (TPSA) is 125 Å². The summed E-state index contributed by atoms with van der Waals surface area (Å²) in [6.07, 6.45) is 0. The van der Waals surface area contributed by atoms with E-state index in [1.165, 1.54) is 7.11 Å². The molecule has 2 atom stereocenters. The van der Waals surface area contributed by atoms with Gasteiger partial charge in [-0.15, -0.1) is 0 Å². The van der Waals surface area contributed by atoms with E-state index in [1.54, 1.807) is 0 Å². The highest BCUT2D eigenvalue weighted by atomic mass is 16.8. The third-order valence-electron chi connectivity index (χ3n) is 1.77. The van der Waals surface area contributed by atoms with Gasteiger partial charge in [0.15, 0.2) is 11.4 Å². The van der Waals surface area contributed by atoms with E-state index in [0.29, 0.717) is 0 Å². The Hall–Kier alpha value is -1.42. The number of nitrogens with one attached hydrogen (secondary N) is 2. The second kappa shape index (κ2) is 4.40. The zero-order valence-corrected chi connectivity index (χ0v) is 7.72. The van der Waals surface area contributed by atoms with Crippen molar-refractivity contribution in [3.8, 4) is 11.5 Å². The van der Waals surface area contributed by atoms with E-state index in [9.17, 15) is 15.5 Å². The minimum atomic E-state index is -1.42. The van der Waals surface area contributed by atoms with Gasteiger partial charge in [-0.05, 0) is 0 Å². The minimum Gasteiger partial charge on any atom is -0.595 e. The van der Waals surface area contributed by atoms with E-state index in [0.717, 1.165) is 12.1 Å². The van der Waals surface area contributed by atoms with Crippen molar-refractivity contribution in [1.82, 2.24) is 0 Å². The molecular formula is C7H10N2O6. The van der Waals surface area contributed by atoms with Crippen molar-refractivity contribution in [3.05, 3.63) is 22.5 Å². The first-order valence-electron chi connectivity index (χ1n) is 3.85.